The third-order valence-corrected chi connectivity index (χ3v) is 22.3. The van der Waals surface area contributed by atoms with E-state index in [1.54, 1.807) is 4.57 Å². The molecule has 0 saturated carbocycles. The van der Waals surface area contributed by atoms with E-state index in [-0.39, 0.29) is 94.0 Å². The number of phosphoric ester groups is 1. The molecule has 5 saturated heterocycles. The zero-order valence-corrected chi connectivity index (χ0v) is 55.7. The van der Waals surface area contributed by atoms with Gasteiger partial charge in [0, 0.05) is 68.3 Å². The number of hydrogen-bond acceptors (Lipinski definition) is 14. The number of amides is 7. The van der Waals surface area contributed by atoms with E-state index in [1.807, 2.05) is 87.4 Å². The first-order valence-electron chi connectivity index (χ1n) is 30.9. The van der Waals surface area contributed by atoms with Gasteiger partial charge in [-0.1, -0.05) is 53.6 Å². The van der Waals surface area contributed by atoms with Crippen LogP contribution in [0.2, 0.25) is 0 Å². The number of imidazole rings is 1. The zero-order valence-electron chi connectivity index (χ0n) is 53.8. The fourth-order valence-corrected chi connectivity index (χ4v) is 17.3. The molecule has 1 aromatic carbocycles. The number of fused-ring (bicyclic) bond motifs is 10. The summed E-state index contributed by atoms with van der Waals surface area (Å²) in [6.07, 6.45) is -3.96. The number of carbonyl (C=O) groups is 7. The third-order valence-electron chi connectivity index (χ3n) is 21.2. The minimum atomic E-state index is -5.06. The molecule has 1 radical (unpaired) electrons. The van der Waals surface area contributed by atoms with Crippen molar-refractivity contribution < 1.29 is 83.8 Å². The van der Waals surface area contributed by atoms with Crippen LogP contribution in [0.1, 0.15) is 150 Å². The minimum absolute atomic E-state index is 0. The fourth-order valence-electron chi connectivity index (χ4n) is 16.1. The molecule has 5 fully saturated rings. The number of aliphatic hydroxyl groups excluding tert-OH is 2. The smallest absolute Gasteiger partial charge is 0.472 e. The zero-order chi connectivity index (χ0) is 66.7. The van der Waals surface area contributed by atoms with E-state index in [4.69, 9.17) is 69.5 Å². The summed E-state index contributed by atoms with van der Waals surface area (Å²) in [4.78, 5) is 109. The molecule has 7 amide bonds. The molecule has 29 heteroatoms. The van der Waals surface area contributed by atoms with Gasteiger partial charge in [0.05, 0.1) is 30.1 Å². The number of carbonyl (C=O) groups excluding carboxylic acids is 7. The molecule has 16 N–H and O–H groups in total. The number of nitrogens with two attached hydrogens (primary N) is 6. The molecule has 3 unspecified atom stereocenters. The largest absolute Gasteiger partial charge is 0.685 e. The van der Waals surface area contributed by atoms with Gasteiger partial charge in [-0.15, -0.1) is 34.8 Å². The van der Waals surface area contributed by atoms with Gasteiger partial charge in [0.25, 0.3) is 0 Å². The van der Waals surface area contributed by atoms with Gasteiger partial charge in [0.15, 0.2) is 6.23 Å². The van der Waals surface area contributed by atoms with Gasteiger partial charge in [-0.3, -0.25) is 42.6 Å². The molecular weight excluding hydrogens is 1240 g/mol. The maximum absolute atomic E-state index is 14.4. The van der Waals surface area contributed by atoms with Gasteiger partial charge < -0.3 is 85.4 Å². The second-order valence-electron chi connectivity index (χ2n) is 27.5. The van der Waals surface area contributed by atoms with Crippen molar-refractivity contribution >= 4 is 60.2 Å². The summed E-state index contributed by atoms with van der Waals surface area (Å²) >= 11 is 0. The Labute approximate surface area is 541 Å². The molecule has 27 nitrogen and oxygen atoms in total. The summed E-state index contributed by atoms with van der Waals surface area (Å²) in [6, 6.07) is 0.417. The van der Waals surface area contributed by atoms with Crippen LogP contribution >= 0.6 is 7.82 Å². The summed E-state index contributed by atoms with van der Waals surface area (Å²) in [7, 11) is -5.06. The summed E-state index contributed by atoms with van der Waals surface area (Å²) in [5.41, 5.74) is 36.2. The molecule has 6 aliphatic rings. The van der Waals surface area contributed by atoms with E-state index >= 15 is 0 Å². The van der Waals surface area contributed by atoms with Gasteiger partial charge in [0.1, 0.15) is 18.3 Å². The Morgan fingerprint density at radius 1 is 0.747 bits per heavy atom. The van der Waals surface area contributed by atoms with E-state index in [0.29, 0.717) is 39.3 Å². The molecule has 8 rings (SSSR count). The van der Waals surface area contributed by atoms with Crippen LogP contribution in [0.25, 0.3) is 32.3 Å². The van der Waals surface area contributed by atoms with E-state index < -0.39 is 161 Å². The molecule has 91 heavy (non-hydrogen) atoms. The fraction of sp³-hybridized carbons (Fsp3) is 0.677. The predicted molar refractivity (Wildman–Crippen MR) is 333 cm³/mol. The van der Waals surface area contributed by atoms with Crippen LogP contribution in [0.5, 0.6) is 0 Å². The standard InChI is InChI=1S/C62H92N13O14P.Co/c1-29-20-39-40(21-30(29)2)75(28-70-39)57-52(84)53(41(27-76)87-57)89-90(85,86)88-31(3)26-69-49(83)18-19-59(8)37(22-46(66)80)56-62(11)61(10,25-48(68)82)36(14-17-45(65)79)51(74-62)33(5)55-60(9,24-47(67)81)34(12-15-43(63)77)38(71-55)23-42-58(6,7)35(13-16-44(64)78)50(72-42)32(4)54(59)73-56;/h20-21,23,28,31,34-38,41,50-53,56-57,76,84H,12-19,22,24-27H2,1-11H3,(H2,63,77)(H2,64,78)(H2,65,79)(H2,66,80)(H2,67,81)(H2,68,82)(H,69,83)(H,85,86);/q-4;/b42-23-,54-32-,55-33-;/t31-,34-,35-,36-,37+,38+,41-,50?,51?,52-,53-,56-,57+,59-,60+,61+,62+;/m1./s1. The van der Waals surface area contributed by atoms with Crippen molar-refractivity contribution in [3.8, 4) is 0 Å². The molecular formula is C62H92CoN13O14P-4. The van der Waals surface area contributed by atoms with Crippen LogP contribution in [0, 0.1) is 59.2 Å². The number of allylic oxidation sites excluding steroid dienone is 3. The van der Waals surface area contributed by atoms with Crippen molar-refractivity contribution in [1.82, 2.24) is 14.9 Å². The number of aryl methyl sites for hydroxylation is 2. The quantitative estimate of drug-likeness (QED) is 0.0563. The third kappa shape index (κ3) is 14.0. The second kappa shape index (κ2) is 27.2. The van der Waals surface area contributed by atoms with Crippen molar-refractivity contribution in [2.24, 2.45) is 79.7 Å². The number of benzene rings is 1. The second-order valence-corrected chi connectivity index (χ2v) is 28.9. The summed E-state index contributed by atoms with van der Waals surface area (Å²) < 4.78 is 32.3. The van der Waals surface area contributed by atoms with E-state index in [0.717, 1.165) is 11.1 Å². The number of primary amides is 6. The molecule has 7 heterocycles. The number of hydrogen-bond donors (Lipinski definition) is 10. The molecule has 2 aromatic rings. The summed E-state index contributed by atoms with van der Waals surface area (Å²) in [6.45, 7) is 19.5. The normalized spacial score (nSPS) is 36.3. The average Bonchev–Trinajstić information content (AvgIpc) is 1.53. The number of rotatable bonds is 26. The van der Waals surface area contributed by atoms with Crippen LogP contribution in [0.15, 0.2) is 52.8 Å². The van der Waals surface area contributed by atoms with Crippen LogP contribution < -0.4 is 39.7 Å². The monoisotopic (exact) mass is 1330 g/mol. The van der Waals surface area contributed by atoms with Crippen LogP contribution in [-0.2, 0) is 68.7 Å². The Morgan fingerprint density at radius 2 is 1.32 bits per heavy atom. The van der Waals surface area contributed by atoms with Gasteiger partial charge in [0.2, 0.25) is 41.4 Å². The molecule has 1 aromatic heterocycles. The Morgan fingerprint density at radius 3 is 1.90 bits per heavy atom. The number of phosphoric acid groups is 1. The van der Waals surface area contributed by atoms with Gasteiger partial charge in [-0.05, 0) is 129 Å². The Kier molecular flexibility index (Phi) is 21.7. The van der Waals surface area contributed by atoms with Crippen molar-refractivity contribution in [3.63, 3.8) is 0 Å². The maximum atomic E-state index is 14.4. The maximum Gasteiger partial charge on any atom is 0.472 e. The average molecular weight is 1330 g/mol. The van der Waals surface area contributed by atoms with Crippen LogP contribution in [0.4, 0.5) is 0 Å². The predicted octanol–water partition coefficient (Wildman–Crippen LogP) is 4.85. The minimum Gasteiger partial charge on any atom is -0.685 e. The first kappa shape index (κ1) is 72.5. The molecule has 507 valence electrons. The molecule has 18 atom stereocenters. The molecule has 8 bridgehead atoms. The number of nitrogens with one attached hydrogen (secondary N) is 1. The van der Waals surface area contributed by atoms with E-state index in [9.17, 15) is 53.2 Å². The first-order chi connectivity index (χ1) is 41.8. The van der Waals surface area contributed by atoms with Gasteiger partial charge in [-0.25, -0.2) is 9.55 Å². The number of aliphatic hydroxyl groups is 2. The Hall–Kier alpha value is -5.94. The molecule has 0 aliphatic carbocycles. The SMILES string of the molecule is C/C1=C2/[N-][C@H]([C@H](CC(N)=O)[C@@]2(C)CCC(=O)NC[C@@H](C)OP(=O)(O)O[C@H]2[C@@H](O)[C@@H](n3cnc4cc(C)c(C)cc43)O[C@@H]2CO)[C@]2(C)[N-]C(/C(C)=C3\[N-][C@@H](/C=C4\[N-]C1[C@@H](CCC(N)=O)C4(C)C)[C@@H](CCC(N)=O)[C@]3(C)CC(N)=O)[C@@H](CCC(N)=O)[C@]2(C)CC(N)=O.[Co]. The van der Waals surface area contributed by atoms with E-state index in [1.165, 1.54) is 13.3 Å². The number of nitrogens with zero attached hydrogens (tertiary/aromatic N) is 6. The Bertz CT molecular complexity index is 3340. The van der Waals surface area contributed by atoms with Crippen molar-refractivity contribution in [2.45, 2.75) is 207 Å². The van der Waals surface area contributed by atoms with Gasteiger partial charge >= 0.3 is 7.82 Å². The summed E-state index contributed by atoms with van der Waals surface area (Å²) in [5, 5.41) is 46.9. The van der Waals surface area contributed by atoms with Crippen LogP contribution in [-0.4, -0.2) is 133 Å². The molecule has 0 spiro atoms. The summed E-state index contributed by atoms with van der Waals surface area (Å²) in [5.74, 6) is -6.86. The molecule has 6 aliphatic heterocycles. The van der Waals surface area contributed by atoms with Crippen molar-refractivity contribution in [1.29, 1.82) is 0 Å². The van der Waals surface area contributed by atoms with Crippen molar-refractivity contribution in [2.75, 3.05) is 13.2 Å². The van der Waals surface area contributed by atoms with E-state index in [2.05, 4.69) is 10.3 Å². The topological polar surface area (TPSA) is 467 Å². The number of aromatic nitrogens is 2. The number of ether oxygens (including phenoxy) is 1. The van der Waals surface area contributed by atoms with Crippen molar-refractivity contribution in [3.05, 3.63) is 85.2 Å². The van der Waals surface area contributed by atoms with Crippen LogP contribution in [0.3, 0.4) is 0 Å². The Balaban J connectivity index is 0.0000118. The first-order valence-corrected chi connectivity index (χ1v) is 32.4. The van der Waals surface area contributed by atoms with Gasteiger partial charge in [-0.2, -0.15) is 17.1 Å².